The molecule has 0 spiro atoms. The minimum atomic E-state index is -0.853. The van der Waals surface area contributed by atoms with Crippen LogP contribution in [0.25, 0.3) is 0 Å². The molecule has 0 fully saturated rings. The van der Waals surface area contributed by atoms with E-state index >= 15 is 0 Å². The number of nitrogens with zero attached hydrogens (tertiary/aromatic N) is 1. The Labute approximate surface area is 106 Å². The van der Waals surface area contributed by atoms with Crippen molar-refractivity contribution in [2.45, 2.75) is 0 Å². The zero-order chi connectivity index (χ0) is 13.1. The Hall–Kier alpha value is -2.01. The van der Waals surface area contributed by atoms with Gasteiger partial charge in [0, 0.05) is 12.4 Å². The third-order valence-electron chi connectivity index (χ3n) is 2.22. The Kier molecular flexibility index (Phi) is 3.53. The number of amides is 1. The summed E-state index contributed by atoms with van der Waals surface area (Å²) in [6.45, 7) is 0. The highest BCUT2D eigenvalue weighted by Crippen LogP contribution is 2.20. The third kappa shape index (κ3) is 2.46. The van der Waals surface area contributed by atoms with Gasteiger partial charge in [-0.2, -0.15) is 0 Å². The molecule has 1 N–H and O–H groups in total. The average Bonchev–Trinajstić information content (AvgIpc) is 2.34. The normalized spacial score (nSPS) is 10.2. The Morgan fingerprint density at radius 2 is 1.89 bits per heavy atom. The molecule has 0 unspecified atom stereocenters. The van der Waals surface area contributed by atoms with Gasteiger partial charge < -0.3 is 5.32 Å². The molecule has 1 amide bonds. The van der Waals surface area contributed by atoms with Crippen LogP contribution in [-0.2, 0) is 0 Å². The van der Waals surface area contributed by atoms with Gasteiger partial charge in [0.15, 0.2) is 0 Å². The first-order valence-corrected chi connectivity index (χ1v) is 5.32. The molecule has 0 saturated heterocycles. The maximum Gasteiger partial charge on any atom is 0.257 e. The number of para-hydroxylation sites is 1. The lowest BCUT2D eigenvalue weighted by molar-refractivity contribution is 0.102. The van der Waals surface area contributed by atoms with E-state index in [9.17, 15) is 13.6 Å². The second kappa shape index (κ2) is 5.10. The summed E-state index contributed by atoms with van der Waals surface area (Å²) in [6.07, 6.45) is 2.63. The molecule has 2 rings (SSSR count). The monoisotopic (exact) mass is 268 g/mol. The topological polar surface area (TPSA) is 42.0 Å². The molecule has 0 saturated carbocycles. The van der Waals surface area contributed by atoms with Crippen LogP contribution in [0.2, 0.25) is 5.02 Å². The van der Waals surface area contributed by atoms with E-state index in [4.69, 9.17) is 11.6 Å². The average molecular weight is 269 g/mol. The second-order valence-corrected chi connectivity index (χ2v) is 3.81. The summed E-state index contributed by atoms with van der Waals surface area (Å²) in [4.78, 5) is 15.5. The highest BCUT2D eigenvalue weighted by atomic mass is 35.5. The maximum absolute atomic E-state index is 13.3. The van der Waals surface area contributed by atoms with E-state index in [-0.39, 0.29) is 10.6 Å². The van der Waals surface area contributed by atoms with Crippen molar-refractivity contribution in [3.8, 4) is 0 Å². The van der Waals surface area contributed by atoms with Crippen LogP contribution in [0.4, 0.5) is 14.5 Å². The van der Waals surface area contributed by atoms with Crippen molar-refractivity contribution in [3.63, 3.8) is 0 Å². The molecule has 0 atom stereocenters. The highest BCUT2D eigenvalue weighted by Gasteiger charge is 2.15. The molecular weight excluding hydrogens is 262 g/mol. The summed E-state index contributed by atoms with van der Waals surface area (Å²) in [5.41, 5.74) is -0.412. The Morgan fingerprint density at radius 3 is 2.50 bits per heavy atom. The number of carbonyl (C=O) groups excluding carboxylic acids is 1. The largest absolute Gasteiger partial charge is 0.317 e. The lowest BCUT2D eigenvalue weighted by atomic mass is 10.2. The summed E-state index contributed by atoms with van der Waals surface area (Å²) in [7, 11) is 0. The van der Waals surface area contributed by atoms with E-state index in [0.717, 1.165) is 12.1 Å². The number of hydrogen-bond donors (Lipinski definition) is 1. The van der Waals surface area contributed by atoms with Gasteiger partial charge in [-0.05, 0) is 18.2 Å². The van der Waals surface area contributed by atoms with Gasteiger partial charge in [0.25, 0.3) is 5.91 Å². The summed E-state index contributed by atoms with van der Waals surface area (Å²) in [5.74, 6) is -2.41. The van der Waals surface area contributed by atoms with E-state index < -0.39 is 23.2 Å². The predicted molar refractivity (Wildman–Crippen MR) is 63.6 cm³/mol. The quantitative estimate of drug-likeness (QED) is 0.908. The Morgan fingerprint density at radius 1 is 1.22 bits per heavy atom. The first-order chi connectivity index (χ1) is 8.59. The zero-order valence-electron chi connectivity index (χ0n) is 8.95. The van der Waals surface area contributed by atoms with Crippen LogP contribution in [0.5, 0.6) is 0 Å². The summed E-state index contributed by atoms with van der Waals surface area (Å²) >= 11 is 5.75. The van der Waals surface area contributed by atoms with Gasteiger partial charge >= 0.3 is 0 Å². The fourth-order valence-corrected chi connectivity index (χ4v) is 1.56. The summed E-state index contributed by atoms with van der Waals surface area (Å²) in [6, 6.07) is 4.66. The predicted octanol–water partition coefficient (Wildman–Crippen LogP) is 3.27. The Balaban J connectivity index is 2.30. The molecule has 3 nitrogen and oxygen atoms in total. The van der Waals surface area contributed by atoms with Gasteiger partial charge in [0.05, 0.1) is 10.6 Å². The van der Waals surface area contributed by atoms with Crippen LogP contribution in [0.3, 0.4) is 0 Å². The van der Waals surface area contributed by atoms with Crippen molar-refractivity contribution in [2.24, 2.45) is 0 Å². The third-order valence-corrected chi connectivity index (χ3v) is 2.52. The molecule has 0 aliphatic heterocycles. The van der Waals surface area contributed by atoms with E-state index in [1.165, 1.54) is 24.5 Å². The number of rotatable bonds is 2. The number of pyridine rings is 1. The first-order valence-electron chi connectivity index (χ1n) is 4.94. The van der Waals surface area contributed by atoms with Crippen molar-refractivity contribution in [2.75, 3.05) is 5.32 Å². The van der Waals surface area contributed by atoms with Crippen LogP contribution < -0.4 is 5.32 Å². The second-order valence-electron chi connectivity index (χ2n) is 3.41. The lowest BCUT2D eigenvalue weighted by Gasteiger charge is -2.08. The number of carbonyl (C=O) groups is 1. The number of hydrogen-bond acceptors (Lipinski definition) is 2. The van der Waals surface area contributed by atoms with E-state index in [1.807, 2.05) is 0 Å². The molecular formula is C12H7ClF2N2O. The SMILES string of the molecule is O=C(Nc1c(F)cccc1F)c1ccncc1Cl. The minimum Gasteiger partial charge on any atom is -0.317 e. The molecule has 1 aromatic carbocycles. The highest BCUT2D eigenvalue weighted by molar-refractivity contribution is 6.34. The van der Waals surface area contributed by atoms with Crippen LogP contribution in [-0.4, -0.2) is 10.9 Å². The molecule has 1 aromatic heterocycles. The standard InChI is InChI=1S/C12H7ClF2N2O/c13-8-6-16-5-4-7(8)12(18)17-11-9(14)2-1-3-10(11)15/h1-6H,(H,17,18). The van der Waals surface area contributed by atoms with Gasteiger partial charge in [-0.15, -0.1) is 0 Å². The van der Waals surface area contributed by atoms with Crippen LogP contribution >= 0.6 is 11.6 Å². The number of benzene rings is 1. The molecule has 6 heteroatoms. The van der Waals surface area contributed by atoms with Crippen molar-refractivity contribution in [3.05, 3.63) is 58.9 Å². The molecule has 1 heterocycles. The van der Waals surface area contributed by atoms with Crippen molar-refractivity contribution in [1.82, 2.24) is 4.98 Å². The molecule has 0 aliphatic rings. The molecule has 18 heavy (non-hydrogen) atoms. The van der Waals surface area contributed by atoms with Gasteiger partial charge in [0.2, 0.25) is 0 Å². The van der Waals surface area contributed by atoms with Crippen molar-refractivity contribution < 1.29 is 13.6 Å². The van der Waals surface area contributed by atoms with E-state index in [1.54, 1.807) is 0 Å². The van der Waals surface area contributed by atoms with E-state index in [2.05, 4.69) is 10.3 Å². The fourth-order valence-electron chi connectivity index (χ4n) is 1.36. The molecule has 92 valence electrons. The van der Waals surface area contributed by atoms with Gasteiger partial charge in [-0.25, -0.2) is 8.78 Å². The minimum absolute atomic E-state index is 0.0920. The van der Waals surface area contributed by atoms with Crippen molar-refractivity contribution >= 4 is 23.2 Å². The summed E-state index contributed by atoms with van der Waals surface area (Å²) < 4.78 is 26.7. The fraction of sp³-hybridized carbons (Fsp3) is 0. The molecule has 0 aliphatic carbocycles. The number of nitrogens with one attached hydrogen (secondary N) is 1. The van der Waals surface area contributed by atoms with Gasteiger partial charge in [-0.1, -0.05) is 17.7 Å². The number of anilines is 1. The van der Waals surface area contributed by atoms with Crippen LogP contribution in [0, 0.1) is 11.6 Å². The van der Waals surface area contributed by atoms with Crippen LogP contribution in [0.1, 0.15) is 10.4 Å². The lowest BCUT2D eigenvalue weighted by Crippen LogP contribution is -2.14. The smallest absolute Gasteiger partial charge is 0.257 e. The molecule has 0 bridgehead atoms. The summed E-state index contributed by atoms with van der Waals surface area (Å²) in [5, 5.41) is 2.24. The molecule has 0 radical (unpaired) electrons. The van der Waals surface area contributed by atoms with Gasteiger partial charge in [-0.3, -0.25) is 9.78 Å². The first kappa shape index (κ1) is 12.4. The zero-order valence-corrected chi connectivity index (χ0v) is 9.71. The maximum atomic E-state index is 13.3. The van der Waals surface area contributed by atoms with E-state index in [0.29, 0.717) is 0 Å². The molecule has 2 aromatic rings. The number of halogens is 3. The van der Waals surface area contributed by atoms with Crippen molar-refractivity contribution in [1.29, 1.82) is 0 Å². The van der Waals surface area contributed by atoms with Crippen LogP contribution in [0.15, 0.2) is 36.7 Å². The number of aromatic nitrogens is 1. The van der Waals surface area contributed by atoms with Gasteiger partial charge in [0.1, 0.15) is 17.3 Å². The Bertz CT molecular complexity index is 584.